The molecule has 0 spiro atoms. The summed E-state index contributed by atoms with van der Waals surface area (Å²) in [7, 11) is 0. The van der Waals surface area contributed by atoms with Gasteiger partial charge in [0.05, 0.1) is 25.6 Å². The Kier molecular flexibility index (Phi) is 4.60. The lowest BCUT2D eigenvalue weighted by atomic mass is 10.2. The van der Waals surface area contributed by atoms with Gasteiger partial charge in [0.15, 0.2) is 11.2 Å². The molecule has 1 aliphatic rings. The first-order chi connectivity index (χ1) is 11.5. The molecule has 130 valence electrons. The topological polar surface area (TPSA) is 132 Å². The van der Waals surface area contributed by atoms with Crippen molar-refractivity contribution in [3.63, 3.8) is 0 Å². The number of anilines is 1. The number of hydrogen-bond donors (Lipinski definition) is 3. The maximum Gasteiger partial charge on any atom is 0.247 e. The lowest BCUT2D eigenvalue weighted by Crippen LogP contribution is -2.24. The molecule has 2 aromatic heterocycles. The van der Waals surface area contributed by atoms with Crippen molar-refractivity contribution in [3.8, 4) is 5.88 Å². The SMILES string of the molecule is CCOc1nc(NC(C)=O)nc2c1ncn2[C@H]1C[C@H](O)[C@@H](CO)O1. The van der Waals surface area contributed by atoms with E-state index in [-0.39, 0.29) is 24.3 Å². The normalized spacial score (nSPS) is 23.6. The first kappa shape index (κ1) is 16.6. The minimum Gasteiger partial charge on any atom is -0.476 e. The Bertz CT molecular complexity index is 748. The Morgan fingerprint density at radius 2 is 2.33 bits per heavy atom. The van der Waals surface area contributed by atoms with E-state index in [0.717, 1.165) is 0 Å². The number of carbonyl (C=O) groups is 1. The van der Waals surface area contributed by atoms with Crippen LogP contribution in [-0.4, -0.2) is 61.1 Å². The summed E-state index contributed by atoms with van der Waals surface area (Å²) >= 11 is 0. The van der Waals surface area contributed by atoms with E-state index in [2.05, 4.69) is 20.3 Å². The van der Waals surface area contributed by atoms with Gasteiger partial charge < -0.3 is 19.7 Å². The predicted molar refractivity (Wildman–Crippen MR) is 82.4 cm³/mol. The number of amides is 1. The molecule has 1 aliphatic heterocycles. The summed E-state index contributed by atoms with van der Waals surface area (Å²) in [6, 6.07) is 0. The van der Waals surface area contributed by atoms with E-state index in [1.54, 1.807) is 4.57 Å². The van der Waals surface area contributed by atoms with Gasteiger partial charge in [0.1, 0.15) is 12.3 Å². The number of nitrogens with zero attached hydrogens (tertiary/aromatic N) is 4. The van der Waals surface area contributed by atoms with E-state index in [1.807, 2.05) is 6.92 Å². The number of aromatic nitrogens is 4. The van der Waals surface area contributed by atoms with Gasteiger partial charge in [-0.2, -0.15) is 9.97 Å². The molecule has 10 nitrogen and oxygen atoms in total. The Hall–Kier alpha value is -2.30. The van der Waals surface area contributed by atoms with Gasteiger partial charge in [-0.25, -0.2) is 4.98 Å². The summed E-state index contributed by atoms with van der Waals surface area (Å²) in [5.74, 6) is 0.0375. The van der Waals surface area contributed by atoms with Crippen LogP contribution in [0.3, 0.4) is 0 Å². The van der Waals surface area contributed by atoms with Crippen LogP contribution in [0.15, 0.2) is 6.33 Å². The third-order valence-electron chi connectivity index (χ3n) is 3.65. The molecule has 24 heavy (non-hydrogen) atoms. The van der Waals surface area contributed by atoms with Gasteiger partial charge in [-0.1, -0.05) is 0 Å². The summed E-state index contributed by atoms with van der Waals surface area (Å²) < 4.78 is 12.7. The smallest absolute Gasteiger partial charge is 0.247 e. The molecule has 0 bridgehead atoms. The Morgan fingerprint density at radius 1 is 1.54 bits per heavy atom. The van der Waals surface area contributed by atoms with Crippen LogP contribution in [0.25, 0.3) is 11.2 Å². The van der Waals surface area contributed by atoms with Crippen molar-refractivity contribution in [3.05, 3.63) is 6.33 Å². The van der Waals surface area contributed by atoms with Crippen LogP contribution < -0.4 is 10.1 Å². The van der Waals surface area contributed by atoms with Crippen molar-refractivity contribution in [1.82, 2.24) is 19.5 Å². The second-order valence-electron chi connectivity index (χ2n) is 5.41. The maximum atomic E-state index is 11.3. The zero-order valence-electron chi connectivity index (χ0n) is 13.3. The number of carbonyl (C=O) groups excluding carboxylic acids is 1. The fraction of sp³-hybridized carbons (Fsp3) is 0.571. The molecular weight excluding hydrogens is 318 g/mol. The molecule has 0 aromatic carbocycles. The van der Waals surface area contributed by atoms with Crippen LogP contribution in [0, 0.1) is 0 Å². The average Bonchev–Trinajstić information content (AvgIpc) is 3.10. The molecule has 0 radical (unpaired) electrons. The van der Waals surface area contributed by atoms with Crippen molar-refractivity contribution in [1.29, 1.82) is 0 Å². The number of fused-ring (bicyclic) bond motifs is 1. The van der Waals surface area contributed by atoms with Gasteiger partial charge in [0.2, 0.25) is 17.7 Å². The zero-order chi connectivity index (χ0) is 17.3. The maximum absolute atomic E-state index is 11.3. The molecule has 10 heteroatoms. The number of rotatable bonds is 5. The largest absolute Gasteiger partial charge is 0.476 e. The van der Waals surface area contributed by atoms with Gasteiger partial charge in [-0.05, 0) is 6.92 Å². The van der Waals surface area contributed by atoms with Gasteiger partial charge in [0, 0.05) is 13.3 Å². The summed E-state index contributed by atoms with van der Waals surface area (Å²) in [6.07, 6.45) is -0.163. The fourth-order valence-corrected chi connectivity index (χ4v) is 2.60. The molecule has 0 unspecified atom stereocenters. The Morgan fingerprint density at radius 3 is 2.96 bits per heavy atom. The number of aliphatic hydroxyl groups excluding tert-OH is 2. The van der Waals surface area contributed by atoms with Crippen molar-refractivity contribution < 1.29 is 24.5 Å². The fourth-order valence-electron chi connectivity index (χ4n) is 2.60. The van der Waals surface area contributed by atoms with Crippen LogP contribution in [0.4, 0.5) is 5.95 Å². The molecule has 3 rings (SSSR count). The van der Waals surface area contributed by atoms with Crippen molar-refractivity contribution in [2.24, 2.45) is 0 Å². The standard InChI is InChI=1S/C14H19N5O5/c1-3-23-13-11-12(17-14(18-13)16-7(2)21)19(6-15-11)10-4-8(22)9(5-20)24-10/h6,8-10,20,22H,3-5H2,1-2H3,(H,16,17,18,21)/t8-,9+,10+/m0/s1. The van der Waals surface area contributed by atoms with Crippen LogP contribution in [-0.2, 0) is 9.53 Å². The highest BCUT2D eigenvalue weighted by molar-refractivity contribution is 5.88. The van der Waals surface area contributed by atoms with E-state index >= 15 is 0 Å². The highest BCUT2D eigenvalue weighted by Crippen LogP contribution is 2.32. The highest BCUT2D eigenvalue weighted by Gasteiger charge is 2.35. The molecule has 0 aliphatic carbocycles. The second-order valence-corrected chi connectivity index (χ2v) is 5.41. The lowest BCUT2D eigenvalue weighted by Gasteiger charge is -2.14. The third kappa shape index (κ3) is 3.03. The van der Waals surface area contributed by atoms with E-state index < -0.39 is 18.4 Å². The summed E-state index contributed by atoms with van der Waals surface area (Å²) in [4.78, 5) is 24.0. The van der Waals surface area contributed by atoms with Gasteiger partial charge in [-0.3, -0.25) is 14.7 Å². The molecule has 0 saturated carbocycles. The molecule has 1 amide bonds. The first-order valence-corrected chi connectivity index (χ1v) is 7.62. The molecule has 2 aromatic rings. The van der Waals surface area contributed by atoms with Crippen molar-refractivity contribution in [2.75, 3.05) is 18.5 Å². The molecular formula is C14H19N5O5. The molecule has 3 atom stereocenters. The molecule has 3 heterocycles. The number of imidazole rings is 1. The average molecular weight is 337 g/mol. The molecule has 1 saturated heterocycles. The minimum absolute atomic E-state index is 0.0949. The highest BCUT2D eigenvalue weighted by atomic mass is 16.5. The van der Waals surface area contributed by atoms with Crippen molar-refractivity contribution >= 4 is 23.0 Å². The van der Waals surface area contributed by atoms with Crippen LogP contribution in [0.5, 0.6) is 5.88 Å². The lowest BCUT2D eigenvalue weighted by molar-refractivity contribution is -0.114. The van der Waals surface area contributed by atoms with Crippen LogP contribution in [0.2, 0.25) is 0 Å². The van der Waals surface area contributed by atoms with Crippen molar-refractivity contribution in [2.45, 2.75) is 38.7 Å². The van der Waals surface area contributed by atoms with E-state index in [1.165, 1.54) is 13.3 Å². The summed E-state index contributed by atoms with van der Waals surface area (Å²) in [6.45, 7) is 3.27. The van der Waals surface area contributed by atoms with Gasteiger partial charge in [0.25, 0.3) is 0 Å². The third-order valence-corrected chi connectivity index (χ3v) is 3.65. The monoisotopic (exact) mass is 337 g/mol. The molecule has 1 fully saturated rings. The number of hydrogen-bond acceptors (Lipinski definition) is 8. The quantitative estimate of drug-likeness (QED) is 0.685. The number of aliphatic hydroxyl groups is 2. The van der Waals surface area contributed by atoms with Crippen LogP contribution >= 0.6 is 0 Å². The van der Waals surface area contributed by atoms with E-state index in [0.29, 0.717) is 24.2 Å². The van der Waals surface area contributed by atoms with E-state index in [4.69, 9.17) is 9.47 Å². The predicted octanol–water partition coefficient (Wildman–Crippen LogP) is -0.176. The number of nitrogens with one attached hydrogen (secondary N) is 1. The summed E-state index contributed by atoms with van der Waals surface area (Å²) in [5, 5.41) is 21.6. The van der Waals surface area contributed by atoms with Crippen LogP contribution in [0.1, 0.15) is 26.5 Å². The number of ether oxygens (including phenoxy) is 2. The van der Waals surface area contributed by atoms with Gasteiger partial charge >= 0.3 is 0 Å². The second kappa shape index (κ2) is 6.67. The Labute approximate surface area is 137 Å². The minimum atomic E-state index is -0.777. The van der Waals surface area contributed by atoms with Gasteiger partial charge in [-0.15, -0.1) is 0 Å². The zero-order valence-corrected chi connectivity index (χ0v) is 13.3. The Balaban J connectivity index is 2.03. The molecule has 3 N–H and O–H groups in total. The van der Waals surface area contributed by atoms with E-state index in [9.17, 15) is 15.0 Å². The summed E-state index contributed by atoms with van der Waals surface area (Å²) in [5.41, 5.74) is 0.837. The first-order valence-electron chi connectivity index (χ1n) is 7.62.